The number of esters is 1. The topological polar surface area (TPSA) is 149 Å². The summed E-state index contributed by atoms with van der Waals surface area (Å²) >= 11 is 3.39. The second-order valence-corrected chi connectivity index (χ2v) is 18.1. The number of methoxy groups -OCH3 is 1. The predicted octanol–water partition coefficient (Wildman–Crippen LogP) is 12.9. The Morgan fingerprint density at radius 1 is 0.733 bits per heavy atom. The highest BCUT2D eigenvalue weighted by molar-refractivity contribution is 9.09. The second-order valence-electron chi connectivity index (χ2n) is 17.3. The van der Waals surface area contributed by atoms with E-state index in [1.807, 2.05) is 0 Å². The summed E-state index contributed by atoms with van der Waals surface area (Å²) in [5.41, 5.74) is 13.6. The first kappa shape index (κ1) is 64.7. The standard InChI is InChI=1S/C15H25N.C15H21N.C10H9NO2.C6H13Br.2CO2.CH4.ClH/c2*1-12-5-7-13(8-6-12)14(11-16)9-10-15(2,3)4;1-11-7-8-3-5-9(6-4-8)10(12)13-2;1-6(2,3)4-5-7;2*2-1-3;;/h5-8,14H,9-11,16H2,1-4H3;5-8,14H,9-10H2,1-4H3;3-6H,7H2,2H3;4-5H2,1-3H3;;;1H4;1H. The fraction of sp³-hybridized carbons (Fsp3) is 0.531. The zero-order chi connectivity index (χ0) is 45.4. The van der Waals surface area contributed by atoms with Gasteiger partial charge in [0.05, 0.1) is 24.7 Å². The maximum absolute atomic E-state index is 11.0. The van der Waals surface area contributed by atoms with E-state index in [-0.39, 0.29) is 44.0 Å². The van der Waals surface area contributed by atoms with Gasteiger partial charge < -0.3 is 15.3 Å². The Bertz CT molecular complexity index is 1670. The number of benzene rings is 3. The molecule has 0 bridgehead atoms. The summed E-state index contributed by atoms with van der Waals surface area (Å²) in [5, 5.41) is 10.3. The molecule has 9 nitrogen and oxygen atoms in total. The van der Waals surface area contributed by atoms with Crippen LogP contribution in [0.15, 0.2) is 72.8 Å². The van der Waals surface area contributed by atoms with E-state index in [9.17, 15) is 10.1 Å². The molecule has 0 aliphatic rings. The number of hydrogen-bond acceptors (Lipinski definition) is 8. The molecular weight excluding hydrogens is 842 g/mol. The van der Waals surface area contributed by atoms with Crippen molar-refractivity contribution in [1.82, 2.24) is 0 Å². The summed E-state index contributed by atoms with van der Waals surface area (Å²) < 4.78 is 4.54. The molecule has 3 aromatic rings. The van der Waals surface area contributed by atoms with Crippen molar-refractivity contribution in [1.29, 1.82) is 5.26 Å². The SMILES string of the molecule is C.CC(C)(C)CCBr.Cc1ccc(C(C#N)CCC(C)(C)C)cc1.Cc1ccc(C(CN)CCC(C)(C)C)cc1.Cl.O=C=O.O=C=O.[C-]#[N+]Cc1ccc(C(=O)OC)cc1. The Morgan fingerprint density at radius 2 is 1.12 bits per heavy atom. The molecule has 334 valence electrons. The average Bonchev–Trinajstić information content (AvgIpc) is 3.14. The van der Waals surface area contributed by atoms with Gasteiger partial charge in [0.2, 0.25) is 6.54 Å². The molecule has 3 rings (SSSR count). The van der Waals surface area contributed by atoms with E-state index in [4.69, 9.17) is 31.5 Å². The molecule has 0 heterocycles. The molecule has 0 saturated heterocycles. The monoisotopic (exact) mass is 913 g/mol. The number of aryl methyl sites for hydroxylation is 2. The van der Waals surface area contributed by atoms with E-state index >= 15 is 0 Å². The van der Waals surface area contributed by atoms with Crippen LogP contribution in [0.3, 0.4) is 0 Å². The Morgan fingerprint density at radius 3 is 1.42 bits per heavy atom. The lowest BCUT2D eigenvalue weighted by molar-refractivity contribution is -0.193. The highest BCUT2D eigenvalue weighted by Gasteiger charge is 2.17. The van der Waals surface area contributed by atoms with Gasteiger partial charge in [-0.2, -0.15) is 24.4 Å². The van der Waals surface area contributed by atoms with Crippen molar-refractivity contribution in [2.75, 3.05) is 19.0 Å². The lowest BCUT2D eigenvalue weighted by Gasteiger charge is -2.22. The number of hydrogen-bond donors (Lipinski definition) is 1. The van der Waals surface area contributed by atoms with Crippen LogP contribution in [0.5, 0.6) is 0 Å². The minimum Gasteiger partial charge on any atom is -0.465 e. The molecular formula is C49H73BrClN3O6. The molecule has 0 radical (unpaired) electrons. The van der Waals surface area contributed by atoms with Crippen LogP contribution in [0.25, 0.3) is 4.85 Å². The van der Waals surface area contributed by atoms with Gasteiger partial charge in [-0.05, 0) is 97.9 Å². The van der Waals surface area contributed by atoms with Crippen LogP contribution in [0.2, 0.25) is 0 Å². The first-order chi connectivity index (χ1) is 27.0. The van der Waals surface area contributed by atoms with Crippen LogP contribution >= 0.6 is 28.3 Å². The van der Waals surface area contributed by atoms with Gasteiger partial charge in [-0.15, -0.1) is 12.4 Å². The second kappa shape index (κ2) is 36.5. The minimum absolute atomic E-state index is 0. The largest absolute Gasteiger partial charge is 0.465 e. The number of alkyl halides is 1. The fourth-order valence-corrected chi connectivity index (χ4v) is 5.98. The highest BCUT2D eigenvalue weighted by atomic mass is 79.9. The highest BCUT2D eigenvalue weighted by Crippen LogP contribution is 2.29. The Labute approximate surface area is 377 Å². The molecule has 2 unspecified atom stereocenters. The van der Waals surface area contributed by atoms with Crippen LogP contribution in [-0.4, -0.2) is 37.3 Å². The molecule has 3 aromatic carbocycles. The van der Waals surface area contributed by atoms with Crippen molar-refractivity contribution in [3.05, 3.63) is 118 Å². The van der Waals surface area contributed by atoms with Crippen molar-refractivity contribution in [3.8, 4) is 6.07 Å². The first-order valence-electron chi connectivity index (χ1n) is 19.3. The van der Waals surface area contributed by atoms with E-state index in [0.717, 1.165) is 35.8 Å². The quantitative estimate of drug-likeness (QED) is 0.120. The van der Waals surface area contributed by atoms with E-state index < -0.39 is 0 Å². The van der Waals surface area contributed by atoms with Gasteiger partial charge in [0, 0.05) is 10.9 Å². The van der Waals surface area contributed by atoms with Crippen molar-refractivity contribution in [2.24, 2.45) is 22.0 Å². The van der Waals surface area contributed by atoms with Gasteiger partial charge in [-0.25, -0.2) is 11.4 Å². The summed E-state index contributed by atoms with van der Waals surface area (Å²) in [6.45, 7) is 32.2. The average molecular weight is 915 g/mol. The van der Waals surface area contributed by atoms with E-state index in [0.29, 0.717) is 34.3 Å². The normalized spacial score (nSPS) is 10.8. The van der Waals surface area contributed by atoms with Gasteiger partial charge in [-0.1, -0.05) is 157 Å². The van der Waals surface area contributed by atoms with Crippen molar-refractivity contribution < 1.29 is 28.7 Å². The first-order valence-corrected chi connectivity index (χ1v) is 20.4. The van der Waals surface area contributed by atoms with Crippen molar-refractivity contribution >= 4 is 46.6 Å². The fourth-order valence-electron chi connectivity index (χ4n) is 4.79. The molecule has 0 fully saturated rings. The van der Waals surface area contributed by atoms with Crippen LogP contribution < -0.4 is 5.73 Å². The zero-order valence-corrected chi connectivity index (χ0v) is 39.8. The molecule has 0 spiro atoms. The van der Waals surface area contributed by atoms with Crippen molar-refractivity contribution in [2.45, 2.75) is 134 Å². The molecule has 0 aliphatic heterocycles. The van der Waals surface area contributed by atoms with Crippen LogP contribution in [0.4, 0.5) is 0 Å². The summed E-state index contributed by atoms with van der Waals surface area (Å²) in [6.07, 6.45) is 6.20. The molecule has 0 aromatic heterocycles. The number of nitrogens with zero attached hydrogens (tertiary/aromatic N) is 2. The van der Waals surface area contributed by atoms with E-state index in [2.05, 4.69) is 156 Å². The summed E-state index contributed by atoms with van der Waals surface area (Å²) in [7, 11) is 1.34. The smallest absolute Gasteiger partial charge is 0.373 e. The molecule has 2 N–H and O–H groups in total. The third-order valence-corrected chi connectivity index (χ3v) is 8.77. The van der Waals surface area contributed by atoms with Crippen LogP contribution in [0, 0.1) is 48.0 Å². The number of nitrogens with two attached hydrogens (primary N) is 1. The number of ether oxygens (including phenoxy) is 1. The van der Waals surface area contributed by atoms with E-state index in [1.165, 1.54) is 43.1 Å². The van der Waals surface area contributed by atoms with Gasteiger partial charge in [0.15, 0.2) is 0 Å². The lowest BCUT2D eigenvalue weighted by Crippen LogP contribution is -2.15. The number of carbonyl (C=O) groups excluding carboxylic acids is 5. The third kappa shape index (κ3) is 37.8. The Hall–Kier alpha value is -4.40. The molecule has 0 saturated carbocycles. The number of rotatable bonds is 10. The summed E-state index contributed by atoms with van der Waals surface area (Å²) in [5.74, 6) is 0.203. The summed E-state index contributed by atoms with van der Waals surface area (Å²) in [6, 6.07) is 26.3. The predicted molar refractivity (Wildman–Crippen MR) is 250 cm³/mol. The number of carbonyl (C=O) groups is 1. The zero-order valence-electron chi connectivity index (χ0n) is 37.4. The Kier molecular flexibility index (Phi) is 39.3. The number of nitriles is 1. The maximum Gasteiger partial charge on any atom is 0.373 e. The maximum atomic E-state index is 11.0. The molecule has 0 amide bonds. The van der Waals surface area contributed by atoms with Crippen molar-refractivity contribution in [3.63, 3.8) is 0 Å². The van der Waals surface area contributed by atoms with Gasteiger partial charge >= 0.3 is 18.3 Å². The molecule has 0 aliphatic carbocycles. The number of halogens is 2. The van der Waals surface area contributed by atoms with Gasteiger partial charge in [0.1, 0.15) is 0 Å². The van der Waals surface area contributed by atoms with Gasteiger partial charge in [0.25, 0.3) is 0 Å². The molecule has 11 heteroatoms. The molecule has 2 atom stereocenters. The minimum atomic E-state index is -0.352. The van der Waals surface area contributed by atoms with Crippen LogP contribution in [-0.2, 0) is 30.5 Å². The van der Waals surface area contributed by atoms with Gasteiger partial charge in [-0.3, -0.25) is 0 Å². The summed E-state index contributed by atoms with van der Waals surface area (Å²) in [4.78, 5) is 46.7. The molecule has 60 heavy (non-hydrogen) atoms. The van der Waals surface area contributed by atoms with E-state index in [1.54, 1.807) is 24.3 Å². The third-order valence-electron chi connectivity index (χ3n) is 8.38. The Balaban J connectivity index is -0.000000218. The van der Waals surface area contributed by atoms with Crippen LogP contribution in [0.1, 0.15) is 152 Å². The lowest BCUT2D eigenvalue weighted by atomic mass is 9.84.